The molecule has 0 radical (unpaired) electrons. The minimum Gasteiger partial charge on any atom is -0.490 e. The highest BCUT2D eigenvalue weighted by molar-refractivity contribution is 6.05. The van der Waals surface area contributed by atoms with Crippen molar-refractivity contribution in [3.8, 4) is 5.75 Å². The molecule has 0 unspecified atom stereocenters. The van der Waals surface area contributed by atoms with Crippen LogP contribution in [0.1, 0.15) is 17.5 Å². The second-order valence-electron chi connectivity index (χ2n) is 7.33. The summed E-state index contributed by atoms with van der Waals surface area (Å²) in [6.45, 7) is 5.45. The number of hydrogen-bond acceptors (Lipinski definition) is 6. The van der Waals surface area contributed by atoms with Gasteiger partial charge in [0, 0.05) is 13.1 Å². The van der Waals surface area contributed by atoms with Crippen molar-refractivity contribution >= 4 is 17.8 Å². The molecule has 3 rings (SSSR count). The zero-order chi connectivity index (χ0) is 21.0. The van der Waals surface area contributed by atoms with Crippen LogP contribution in [0.25, 0.3) is 0 Å². The number of nitrogens with zero attached hydrogens (tertiary/aromatic N) is 2. The summed E-state index contributed by atoms with van der Waals surface area (Å²) in [5, 5.41) is 12.8. The quantitative estimate of drug-likeness (QED) is 0.628. The second-order valence-corrected chi connectivity index (χ2v) is 7.33. The number of para-hydroxylation sites is 1. The predicted octanol–water partition coefficient (Wildman–Crippen LogP) is 0.212. The minimum absolute atomic E-state index is 0.0554. The number of aryl methyl sites for hydroxylation is 2. The first-order chi connectivity index (χ1) is 13.9. The summed E-state index contributed by atoms with van der Waals surface area (Å²) in [4.78, 5) is 39.6. The number of rotatable bonds is 7. The molecule has 9 nitrogen and oxygen atoms in total. The van der Waals surface area contributed by atoms with Gasteiger partial charge in [-0.25, -0.2) is 4.79 Å². The Balaban J connectivity index is 1.52. The van der Waals surface area contributed by atoms with E-state index < -0.39 is 24.1 Å². The molecule has 2 fully saturated rings. The fraction of sp³-hybridized carbons (Fsp3) is 0.550. The van der Waals surface area contributed by atoms with Crippen molar-refractivity contribution in [1.29, 1.82) is 0 Å². The molecule has 2 heterocycles. The van der Waals surface area contributed by atoms with Crippen LogP contribution in [0.2, 0.25) is 0 Å². The van der Waals surface area contributed by atoms with E-state index in [4.69, 9.17) is 9.47 Å². The van der Waals surface area contributed by atoms with E-state index in [1.165, 1.54) is 0 Å². The van der Waals surface area contributed by atoms with Crippen LogP contribution >= 0.6 is 0 Å². The van der Waals surface area contributed by atoms with Crippen LogP contribution in [0.15, 0.2) is 18.2 Å². The van der Waals surface area contributed by atoms with E-state index in [1.54, 1.807) is 4.90 Å². The molecule has 2 aliphatic rings. The maximum Gasteiger partial charge on any atom is 0.324 e. The first-order valence-electron chi connectivity index (χ1n) is 9.71. The van der Waals surface area contributed by atoms with Crippen LogP contribution < -0.4 is 10.1 Å². The number of benzene rings is 1. The molecule has 0 spiro atoms. The maximum atomic E-state index is 12.5. The third-order valence-electron chi connectivity index (χ3n) is 5.07. The van der Waals surface area contributed by atoms with Gasteiger partial charge in [0.1, 0.15) is 24.5 Å². The Morgan fingerprint density at radius 1 is 1.28 bits per heavy atom. The van der Waals surface area contributed by atoms with Crippen molar-refractivity contribution in [2.24, 2.45) is 0 Å². The van der Waals surface area contributed by atoms with Crippen LogP contribution in [0.5, 0.6) is 5.75 Å². The van der Waals surface area contributed by atoms with Gasteiger partial charge >= 0.3 is 6.03 Å². The van der Waals surface area contributed by atoms with E-state index in [2.05, 4.69) is 5.32 Å². The minimum atomic E-state index is -1.04. The van der Waals surface area contributed by atoms with Crippen molar-refractivity contribution in [2.45, 2.75) is 32.4 Å². The van der Waals surface area contributed by atoms with Crippen molar-refractivity contribution in [3.63, 3.8) is 0 Å². The second kappa shape index (κ2) is 9.23. The van der Waals surface area contributed by atoms with Gasteiger partial charge in [0.25, 0.3) is 5.91 Å². The molecule has 158 valence electrons. The Morgan fingerprint density at radius 3 is 2.59 bits per heavy atom. The molecule has 0 aliphatic carbocycles. The van der Waals surface area contributed by atoms with E-state index in [-0.39, 0.29) is 25.5 Å². The van der Waals surface area contributed by atoms with Crippen molar-refractivity contribution in [3.05, 3.63) is 29.3 Å². The molecule has 1 aromatic rings. The predicted molar refractivity (Wildman–Crippen MR) is 103 cm³/mol. The number of nitrogens with one attached hydrogen (secondary N) is 1. The molecule has 2 aliphatic heterocycles. The molecule has 1 aromatic carbocycles. The summed E-state index contributed by atoms with van der Waals surface area (Å²) in [5.41, 5.74) is 1.88. The standard InChI is InChI=1S/C20H27N3O6/c1-13-4-3-5-14(2)18(13)29-12-15(24)11-23-19(26)16(21-20(23)27)10-17(25)22-6-8-28-9-7-22/h3-5,15-16,24H,6-12H2,1-2H3,(H,21,27)/t15-,16+/m0/s1. The van der Waals surface area contributed by atoms with E-state index in [1.807, 2.05) is 32.0 Å². The van der Waals surface area contributed by atoms with Crippen molar-refractivity contribution < 1.29 is 29.0 Å². The first kappa shape index (κ1) is 21.1. The van der Waals surface area contributed by atoms with E-state index in [9.17, 15) is 19.5 Å². The lowest BCUT2D eigenvalue weighted by Gasteiger charge is -2.27. The van der Waals surface area contributed by atoms with Gasteiger partial charge < -0.3 is 24.8 Å². The Morgan fingerprint density at radius 2 is 1.93 bits per heavy atom. The van der Waals surface area contributed by atoms with Gasteiger partial charge in [0.05, 0.1) is 26.2 Å². The number of amides is 4. The smallest absolute Gasteiger partial charge is 0.324 e. The number of carbonyl (C=O) groups excluding carboxylic acids is 3. The van der Waals surface area contributed by atoms with Crippen molar-refractivity contribution in [1.82, 2.24) is 15.1 Å². The van der Waals surface area contributed by atoms with Gasteiger partial charge in [-0.2, -0.15) is 0 Å². The number of hydrogen-bond donors (Lipinski definition) is 2. The zero-order valence-corrected chi connectivity index (χ0v) is 16.7. The number of morpholine rings is 1. The Hall–Kier alpha value is -2.65. The number of aliphatic hydroxyl groups excluding tert-OH is 1. The summed E-state index contributed by atoms with van der Waals surface area (Å²) in [7, 11) is 0. The molecule has 0 bridgehead atoms. The summed E-state index contributed by atoms with van der Waals surface area (Å²) < 4.78 is 10.9. The normalized spacial score (nSPS) is 20.6. The van der Waals surface area contributed by atoms with E-state index >= 15 is 0 Å². The fourth-order valence-corrected chi connectivity index (χ4v) is 3.47. The molecular formula is C20H27N3O6. The van der Waals surface area contributed by atoms with Crippen LogP contribution in [-0.2, 0) is 14.3 Å². The van der Waals surface area contributed by atoms with E-state index in [0.717, 1.165) is 16.0 Å². The average Bonchev–Trinajstić information content (AvgIpc) is 2.95. The Labute approximate surface area is 169 Å². The summed E-state index contributed by atoms with van der Waals surface area (Å²) in [6, 6.07) is 4.20. The summed E-state index contributed by atoms with van der Waals surface area (Å²) >= 11 is 0. The molecule has 9 heteroatoms. The van der Waals surface area contributed by atoms with Crippen LogP contribution in [0.3, 0.4) is 0 Å². The number of urea groups is 1. The van der Waals surface area contributed by atoms with Gasteiger partial charge in [0.15, 0.2) is 0 Å². The largest absolute Gasteiger partial charge is 0.490 e. The zero-order valence-electron chi connectivity index (χ0n) is 16.7. The number of β-amino-alcohol motifs (C(OH)–C–C–N with tert-alkyl or cyclic N) is 1. The monoisotopic (exact) mass is 405 g/mol. The third kappa shape index (κ3) is 5.04. The van der Waals surface area contributed by atoms with Crippen molar-refractivity contribution in [2.75, 3.05) is 39.5 Å². The van der Waals surface area contributed by atoms with Gasteiger partial charge in [-0.3, -0.25) is 14.5 Å². The molecule has 29 heavy (non-hydrogen) atoms. The molecular weight excluding hydrogens is 378 g/mol. The van der Waals surface area contributed by atoms with Gasteiger partial charge in [-0.15, -0.1) is 0 Å². The van der Waals surface area contributed by atoms with E-state index in [0.29, 0.717) is 32.1 Å². The van der Waals surface area contributed by atoms with Gasteiger partial charge in [0.2, 0.25) is 5.91 Å². The van der Waals surface area contributed by atoms with Crippen LogP contribution in [-0.4, -0.2) is 84.4 Å². The highest BCUT2D eigenvalue weighted by Crippen LogP contribution is 2.22. The third-order valence-corrected chi connectivity index (χ3v) is 5.07. The lowest BCUT2D eigenvalue weighted by Crippen LogP contribution is -2.44. The van der Waals surface area contributed by atoms with Gasteiger partial charge in [-0.1, -0.05) is 18.2 Å². The van der Waals surface area contributed by atoms with Crippen LogP contribution in [0.4, 0.5) is 4.79 Å². The molecule has 2 atom stereocenters. The number of imide groups is 1. The summed E-state index contributed by atoms with van der Waals surface area (Å²) in [5.74, 6) is -0.0341. The molecule has 4 amide bonds. The summed E-state index contributed by atoms with van der Waals surface area (Å²) in [6.07, 6.45) is -1.15. The molecule has 0 aromatic heterocycles. The Bertz CT molecular complexity index is 757. The number of ether oxygens (including phenoxy) is 2. The topological polar surface area (TPSA) is 108 Å². The maximum absolute atomic E-state index is 12.5. The average molecular weight is 405 g/mol. The molecule has 0 saturated carbocycles. The first-order valence-corrected chi connectivity index (χ1v) is 9.71. The lowest BCUT2D eigenvalue weighted by molar-refractivity contribution is -0.138. The van der Waals surface area contributed by atoms with Gasteiger partial charge in [-0.05, 0) is 25.0 Å². The fourth-order valence-electron chi connectivity index (χ4n) is 3.47. The lowest BCUT2D eigenvalue weighted by atomic mass is 10.1. The molecule has 2 N–H and O–H groups in total. The molecule has 2 saturated heterocycles. The highest BCUT2D eigenvalue weighted by Gasteiger charge is 2.40. The van der Waals surface area contributed by atoms with Crippen LogP contribution in [0, 0.1) is 13.8 Å². The SMILES string of the molecule is Cc1cccc(C)c1OC[C@@H](O)CN1C(=O)N[C@H](CC(=O)N2CCOCC2)C1=O. The number of aliphatic hydroxyl groups is 1. The Kier molecular flexibility index (Phi) is 6.71. The number of carbonyl (C=O) groups is 3. The highest BCUT2D eigenvalue weighted by atomic mass is 16.5.